The van der Waals surface area contributed by atoms with E-state index in [9.17, 15) is 22.4 Å². The molecular formula is C33H40FN3O4S. The van der Waals surface area contributed by atoms with Gasteiger partial charge in [0.05, 0.1) is 4.90 Å². The largest absolute Gasteiger partial charge is 0.354 e. The molecule has 1 aliphatic rings. The lowest BCUT2D eigenvalue weighted by molar-refractivity contribution is -0.141. The molecule has 1 aliphatic carbocycles. The third-order valence-electron chi connectivity index (χ3n) is 7.32. The molecule has 9 heteroatoms. The van der Waals surface area contributed by atoms with Crippen molar-refractivity contribution in [3.8, 4) is 0 Å². The van der Waals surface area contributed by atoms with Gasteiger partial charge >= 0.3 is 0 Å². The van der Waals surface area contributed by atoms with Crippen LogP contribution in [-0.4, -0.2) is 43.8 Å². The summed E-state index contributed by atoms with van der Waals surface area (Å²) in [6.45, 7) is 4.83. The maximum Gasteiger partial charge on any atom is 0.243 e. The Balaban J connectivity index is 1.53. The van der Waals surface area contributed by atoms with Crippen molar-refractivity contribution in [2.75, 3.05) is 6.54 Å². The molecule has 0 heterocycles. The van der Waals surface area contributed by atoms with Gasteiger partial charge < -0.3 is 10.2 Å². The molecule has 0 bridgehead atoms. The van der Waals surface area contributed by atoms with Crippen LogP contribution in [0.15, 0.2) is 83.8 Å². The van der Waals surface area contributed by atoms with Crippen LogP contribution in [0.3, 0.4) is 0 Å². The van der Waals surface area contributed by atoms with Crippen molar-refractivity contribution < 1.29 is 22.4 Å². The van der Waals surface area contributed by atoms with Gasteiger partial charge in [0.1, 0.15) is 11.9 Å². The number of aryl methyl sites for hydroxylation is 1. The fraction of sp³-hybridized carbons (Fsp3) is 0.394. The third-order valence-corrected chi connectivity index (χ3v) is 8.85. The van der Waals surface area contributed by atoms with Crippen LogP contribution in [0, 0.1) is 11.7 Å². The van der Waals surface area contributed by atoms with E-state index < -0.39 is 16.1 Å². The molecule has 4 rings (SSSR count). The number of nitrogens with one attached hydrogen (secondary N) is 2. The van der Waals surface area contributed by atoms with Crippen LogP contribution in [-0.2, 0) is 39.0 Å². The topological polar surface area (TPSA) is 95.6 Å². The van der Waals surface area contributed by atoms with Crippen LogP contribution in [0.5, 0.6) is 0 Å². The van der Waals surface area contributed by atoms with Gasteiger partial charge in [0, 0.05) is 32.0 Å². The zero-order valence-electron chi connectivity index (χ0n) is 24.3. The summed E-state index contributed by atoms with van der Waals surface area (Å²) in [7, 11) is -3.56. The minimum atomic E-state index is -3.56. The van der Waals surface area contributed by atoms with Crippen molar-refractivity contribution in [3.05, 3.63) is 101 Å². The number of halogens is 1. The quantitative estimate of drug-likeness (QED) is 0.259. The van der Waals surface area contributed by atoms with Crippen molar-refractivity contribution in [2.24, 2.45) is 5.92 Å². The number of nitrogens with zero attached hydrogens (tertiary/aromatic N) is 1. The molecule has 7 nitrogen and oxygen atoms in total. The third kappa shape index (κ3) is 9.49. The van der Waals surface area contributed by atoms with E-state index in [-0.39, 0.29) is 41.5 Å². The molecule has 2 amide bonds. The highest BCUT2D eigenvalue weighted by Gasteiger charge is 2.30. The average molecular weight is 594 g/mol. The van der Waals surface area contributed by atoms with E-state index in [4.69, 9.17) is 0 Å². The number of rotatable bonds is 15. The number of carbonyl (C=O) groups is 2. The summed E-state index contributed by atoms with van der Waals surface area (Å²) < 4.78 is 41.3. The number of hydrogen-bond donors (Lipinski definition) is 2. The van der Waals surface area contributed by atoms with E-state index in [0.29, 0.717) is 25.3 Å². The Labute approximate surface area is 248 Å². The second-order valence-electron chi connectivity index (χ2n) is 11.4. The highest BCUT2D eigenvalue weighted by molar-refractivity contribution is 7.89. The number of hydrogen-bond acceptors (Lipinski definition) is 4. The van der Waals surface area contributed by atoms with Crippen molar-refractivity contribution in [1.29, 1.82) is 0 Å². The van der Waals surface area contributed by atoms with Gasteiger partial charge in [0.15, 0.2) is 0 Å². The molecule has 0 radical (unpaired) electrons. The first-order chi connectivity index (χ1) is 20.1. The molecule has 0 aliphatic heterocycles. The van der Waals surface area contributed by atoms with Crippen LogP contribution in [0.1, 0.15) is 56.2 Å². The smallest absolute Gasteiger partial charge is 0.243 e. The molecule has 3 aromatic rings. The van der Waals surface area contributed by atoms with Crippen LogP contribution in [0.25, 0.3) is 0 Å². The van der Waals surface area contributed by atoms with Gasteiger partial charge in [-0.3, -0.25) is 9.59 Å². The molecule has 1 fully saturated rings. The predicted octanol–water partition coefficient (Wildman–Crippen LogP) is 5.00. The number of carbonyl (C=O) groups excluding carboxylic acids is 2. The van der Waals surface area contributed by atoms with Gasteiger partial charge in [-0.1, -0.05) is 68.4 Å². The maximum absolute atomic E-state index is 13.8. The van der Waals surface area contributed by atoms with Crippen molar-refractivity contribution in [1.82, 2.24) is 14.9 Å². The maximum atomic E-state index is 13.8. The monoisotopic (exact) mass is 593 g/mol. The van der Waals surface area contributed by atoms with Gasteiger partial charge in [0.2, 0.25) is 21.8 Å². The molecule has 224 valence electrons. The Kier molecular flexibility index (Phi) is 10.9. The highest BCUT2D eigenvalue weighted by atomic mass is 32.2. The predicted molar refractivity (Wildman–Crippen MR) is 161 cm³/mol. The standard InChI is InChI=1S/C33H40FN3O4S/c1-24(2)20-21-35-33(39)31(22-26-6-4-3-5-7-26)37(23-27-8-13-28(34)14-9-27)32(38)19-12-25-10-17-30(18-11-25)42(40,41)36-29-15-16-29/h3-11,13-14,17-18,24,29,31,36H,12,15-16,19-23H2,1-2H3,(H,35,39)/t31-/m1/s1. The molecular weight excluding hydrogens is 553 g/mol. The number of amides is 2. The normalized spacial score (nSPS) is 14.0. The summed E-state index contributed by atoms with van der Waals surface area (Å²) in [6.07, 6.45) is 3.36. The molecule has 0 aromatic heterocycles. The first kappa shape index (κ1) is 31.4. The first-order valence-corrected chi connectivity index (χ1v) is 16.1. The zero-order valence-corrected chi connectivity index (χ0v) is 25.1. The van der Waals surface area contributed by atoms with Gasteiger partial charge in [-0.05, 0) is 72.6 Å². The Bertz CT molecular complexity index is 1420. The molecule has 0 saturated heterocycles. The fourth-order valence-corrected chi connectivity index (χ4v) is 5.97. The average Bonchev–Trinajstić information content (AvgIpc) is 3.78. The molecule has 0 spiro atoms. The summed E-state index contributed by atoms with van der Waals surface area (Å²) in [5.74, 6) is -0.401. The lowest BCUT2D eigenvalue weighted by Crippen LogP contribution is -2.50. The van der Waals surface area contributed by atoms with Crippen LogP contribution in [0.2, 0.25) is 0 Å². The van der Waals surface area contributed by atoms with Crippen LogP contribution in [0.4, 0.5) is 4.39 Å². The molecule has 3 aromatic carbocycles. The van der Waals surface area contributed by atoms with E-state index in [2.05, 4.69) is 23.9 Å². The molecule has 1 atom stereocenters. The zero-order chi connectivity index (χ0) is 30.1. The number of benzene rings is 3. The van der Waals surface area contributed by atoms with E-state index in [1.54, 1.807) is 41.3 Å². The summed E-state index contributed by atoms with van der Waals surface area (Å²) in [4.78, 5) is 29.2. The summed E-state index contributed by atoms with van der Waals surface area (Å²) in [5, 5.41) is 3.02. The minimum Gasteiger partial charge on any atom is -0.354 e. The van der Waals surface area contributed by atoms with E-state index in [1.807, 2.05) is 30.3 Å². The Morgan fingerprint density at radius 1 is 0.905 bits per heavy atom. The molecule has 1 saturated carbocycles. The van der Waals surface area contributed by atoms with Crippen molar-refractivity contribution in [2.45, 2.75) is 75.9 Å². The lowest BCUT2D eigenvalue weighted by Gasteiger charge is -2.32. The SMILES string of the molecule is CC(C)CCNC(=O)[C@@H](Cc1ccccc1)N(Cc1ccc(F)cc1)C(=O)CCc1ccc(S(=O)(=O)NC2CC2)cc1. The summed E-state index contributed by atoms with van der Waals surface area (Å²) >= 11 is 0. The van der Waals surface area contributed by atoms with E-state index in [0.717, 1.165) is 36.0 Å². The van der Waals surface area contributed by atoms with Gasteiger partial charge in [-0.2, -0.15) is 0 Å². The Morgan fingerprint density at radius 3 is 2.17 bits per heavy atom. The van der Waals surface area contributed by atoms with Crippen molar-refractivity contribution >= 4 is 21.8 Å². The Morgan fingerprint density at radius 2 is 1.55 bits per heavy atom. The van der Waals surface area contributed by atoms with Crippen molar-refractivity contribution in [3.63, 3.8) is 0 Å². The number of sulfonamides is 1. The summed E-state index contributed by atoms with van der Waals surface area (Å²) in [6, 6.07) is 21.3. The second-order valence-corrected chi connectivity index (χ2v) is 13.1. The molecule has 0 unspecified atom stereocenters. The second kappa shape index (κ2) is 14.6. The fourth-order valence-electron chi connectivity index (χ4n) is 4.66. The molecule has 2 N–H and O–H groups in total. The first-order valence-electron chi connectivity index (χ1n) is 14.6. The van der Waals surface area contributed by atoms with E-state index in [1.165, 1.54) is 12.1 Å². The lowest BCUT2D eigenvalue weighted by atomic mass is 10.0. The summed E-state index contributed by atoms with van der Waals surface area (Å²) in [5.41, 5.74) is 2.46. The van der Waals surface area contributed by atoms with Gasteiger partial charge in [0.25, 0.3) is 0 Å². The van der Waals surface area contributed by atoms with Gasteiger partial charge in [-0.15, -0.1) is 0 Å². The highest BCUT2D eigenvalue weighted by Crippen LogP contribution is 2.23. The minimum absolute atomic E-state index is 0.0193. The van der Waals surface area contributed by atoms with Gasteiger partial charge in [-0.25, -0.2) is 17.5 Å². The van der Waals surface area contributed by atoms with E-state index >= 15 is 0 Å². The van der Waals surface area contributed by atoms with Crippen LogP contribution >= 0.6 is 0 Å². The Hall–Kier alpha value is -3.56. The molecule has 42 heavy (non-hydrogen) atoms. The van der Waals surface area contributed by atoms with Crippen LogP contribution < -0.4 is 10.0 Å².